The van der Waals surface area contributed by atoms with Crippen LogP contribution in [0.3, 0.4) is 0 Å². The third-order valence-corrected chi connectivity index (χ3v) is 3.00. The van der Waals surface area contributed by atoms with Crippen molar-refractivity contribution in [3.63, 3.8) is 0 Å². The highest BCUT2D eigenvalue weighted by Gasteiger charge is 2.18. The second-order valence-corrected chi connectivity index (χ2v) is 4.78. The maximum Gasteiger partial charge on any atom is 0.302 e. The van der Waals surface area contributed by atoms with Crippen molar-refractivity contribution in [1.29, 1.82) is 0 Å². The number of esters is 1. The van der Waals surface area contributed by atoms with Gasteiger partial charge >= 0.3 is 5.97 Å². The minimum atomic E-state index is -0.378. The van der Waals surface area contributed by atoms with E-state index < -0.39 is 0 Å². The smallest absolute Gasteiger partial charge is 0.302 e. The first-order valence-corrected chi connectivity index (χ1v) is 7.02. The van der Waals surface area contributed by atoms with E-state index in [0.717, 1.165) is 5.56 Å². The molecule has 4 nitrogen and oxygen atoms in total. The van der Waals surface area contributed by atoms with Gasteiger partial charge in [0.25, 0.3) is 0 Å². The Bertz CT molecular complexity index is 453. The van der Waals surface area contributed by atoms with Gasteiger partial charge in [0, 0.05) is 13.3 Å². The molecule has 114 valence electrons. The molecular formula is C17H22O4. The molecule has 0 bridgehead atoms. The van der Waals surface area contributed by atoms with E-state index in [1.165, 1.54) is 6.92 Å². The van der Waals surface area contributed by atoms with Gasteiger partial charge in [-0.3, -0.25) is 9.59 Å². The summed E-state index contributed by atoms with van der Waals surface area (Å²) in [5.41, 5.74) is 1.08. The van der Waals surface area contributed by atoms with Crippen molar-refractivity contribution in [2.45, 2.75) is 26.4 Å². The van der Waals surface area contributed by atoms with Crippen LogP contribution in [-0.2, 0) is 25.7 Å². The standard InChI is InChI=1S/C17H22O4/c1-3-7-16(13-21-14(2)18)17(19)10-11-20-12-15-8-5-4-6-9-15/h3-6,8-9,16H,1,7,10-13H2,2H3/t16-/m0/s1. The van der Waals surface area contributed by atoms with Crippen LogP contribution in [0.4, 0.5) is 0 Å². The molecule has 0 unspecified atom stereocenters. The van der Waals surface area contributed by atoms with Gasteiger partial charge in [-0.05, 0) is 12.0 Å². The zero-order valence-electron chi connectivity index (χ0n) is 12.4. The number of carbonyl (C=O) groups excluding carboxylic acids is 2. The highest BCUT2D eigenvalue weighted by atomic mass is 16.5. The molecule has 1 atom stereocenters. The van der Waals surface area contributed by atoms with Gasteiger partial charge in [0.2, 0.25) is 0 Å². The fourth-order valence-electron chi connectivity index (χ4n) is 1.85. The number of hydrogen-bond donors (Lipinski definition) is 0. The average Bonchev–Trinajstić information content (AvgIpc) is 2.48. The van der Waals surface area contributed by atoms with Gasteiger partial charge in [-0.1, -0.05) is 36.4 Å². The van der Waals surface area contributed by atoms with Crippen molar-refractivity contribution in [3.8, 4) is 0 Å². The quantitative estimate of drug-likeness (QED) is 0.378. The van der Waals surface area contributed by atoms with Crippen molar-refractivity contribution in [1.82, 2.24) is 0 Å². The van der Waals surface area contributed by atoms with Crippen LogP contribution in [0.5, 0.6) is 0 Å². The molecule has 1 aromatic carbocycles. The minimum absolute atomic E-state index is 0.0317. The summed E-state index contributed by atoms with van der Waals surface area (Å²) in [6.45, 7) is 5.92. The molecule has 4 heteroatoms. The number of allylic oxidation sites excluding steroid dienone is 1. The third kappa shape index (κ3) is 7.42. The summed E-state index contributed by atoms with van der Waals surface area (Å²) in [6, 6.07) is 9.79. The molecule has 0 spiro atoms. The number of ketones is 1. The van der Waals surface area contributed by atoms with Crippen LogP contribution in [0, 0.1) is 5.92 Å². The van der Waals surface area contributed by atoms with E-state index in [2.05, 4.69) is 6.58 Å². The van der Waals surface area contributed by atoms with Gasteiger partial charge in [-0.25, -0.2) is 0 Å². The average molecular weight is 290 g/mol. The van der Waals surface area contributed by atoms with E-state index in [0.29, 0.717) is 26.1 Å². The lowest BCUT2D eigenvalue weighted by Crippen LogP contribution is -2.22. The van der Waals surface area contributed by atoms with Gasteiger partial charge in [0.1, 0.15) is 12.4 Å². The van der Waals surface area contributed by atoms with Gasteiger partial charge in [-0.2, -0.15) is 0 Å². The highest BCUT2D eigenvalue weighted by Crippen LogP contribution is 2.10. The van der Waals surface area contributed by atoms with Crippen molar-refractivity contribution in [2.24, 2.45) is 5.92 Å². The number of rotatable bonds is 10. The Hall–Kier alpha value is -1.94. The van der Waals surface area contributed by atoms with Crippen LogP contribution < -0.4 is 0 Å². The number of benzene rings is 1. The predicted molar refractivity (Wildman–Crippen MR) is 80.7 cm³/mol. The SMILES string of the molecule is C=CC[C@@H](COC(C)=O)C(=O)CCOCc1ccccc1. The molecular weight excluding hydrogens is 268 g/mol. The molecule has 1 rings (SSSR count). The molecule has 0 aliphatic heterocycles. The topological polar surface area (TPSA) is 52.6 Å². The Morgan fingerprint density at radius 2 is 2.00 bits per heavy atom. The molecule has 0 saturated carbocycles. The lowest BCUT2D eigenvalue weighted by atomic mass is 9.99. The lowest BCUT2D eigenvalue weighted by Gasteiger charge is -2.13. The highest BCUT2D eigenvalue weighted by molar-refractivity contribution is 5.81. The molecule has 0 heterocycles. The number of ether oxygens (including phenoxy) is 2. The second-order valence-electron chi connectivity index (χ2n) is 4.78. The Morgan fingerprint density at radius 1 is 1.29 bits per heavy atom. The Labute approximate surface area is 125 Å². The van der Waals surface area contributed by atoms with Crippen molar-refractivity contribution in [3.05, 3.63) is 48.6 Å². The molecule has 0 aliphatic carbocycles. The van der Waals surface area contributed by atoms with Gasteiger partial charge in [0.05, 0.1) is 19.1 Å². The van der Waals surface area contributed by atoms with Crippen LogP contribution in [0.1, 0.15) is 25.3 Å². The zero-order chi connectivity index (χ0) is 15.5. The van der Waals surface area contributed by atoms with Crippen LogP contribution in [0.25, 0.3) is 0 Å². The molecule has 1 aromatic rings. The number of carbonyl (C=O) groups is 2. The van der Waals surface area contributed by atoms with E-state index >= 15 is 0 Å². The zero-order valence-corrected chi connectivity index (χ0v) is 12.4. The van der Waals surface area contributed by atoms with Crippen molar-refractivity contribution >= 4 is 11.8 Å². The fourth-order valence-corrected chi connectivity index (χ4v) is 1.85. The van der Waals surface area contributed by atoms with Crippen LogP contribution in [-0.4, -0.2) is 25.0 Å². The molecule has 0 saturated heterocycles. The van der Waals surface area contributed by atoms with Gasteiger partial charge < -0.3 is 9.47 Å². The predicted octanol–water partition coefficient (Wildman–Crippen LogP) is 2.92. The maximum absolute atomic E-state index is 12.0. The fraction of sp³-hybridized carbons (Fsp3) is 0.412. The Morgan fingerprint density at radius 3 is 2.62 bits per heavy atom. The molecule has 21 heavy (non-hydrogen) atoms. The van der Waals surface area contributed by atoms with Gasteiger partial charge in [-0.15, -0.1) is 6.58 Å². The third-order valence-electron chi connectivity index (χ3n) is 3.00. The van der Waals surface area contributed by atoms with Crippen LogP contribution in [0.15, 0.2) is 43.0 Å². The van der Waals surface area contributed by atoms with Crippen molar-refractivity contribution < 1.29 is 19.1 Å². The van der Waals surface area contributed by atoms with E-state index in [4.69, 9.17) is 9.47 Å². The van der Waals surface area contributed by atoms with E-state index in [-0.39, 0.29) is 24.3 Å². The van der Waals surface area contributed by atoms with E-state index in [1.54, 1.807) is 6.08 Å². The monoisotopic (exact) mass is 290 g/mol. The first kappa shape index (κ1) is 17.1. The lowest BCUT2D eigenvalue weighted by molar-refractivity contribution is -0.143. The summed E-state index contributed by atoms with van der Waals surface area (Å²) in [4.78, 5) is 22.8. The summed E-state index contributed by atoms with van der Waals surface area (Å²) in [6.07, 6.45) is 2.48. The molecule has 0 aliphatic rings. The first-order valence-electron chi connectivity index (χ1n) is 7.02. The van der Waals surface area contributed by atoms with E-state index in [1.807, 2.05) is 30.3 Å². The van der Waals surface area contributed by atoms with E-state index in [9.17, 15) is 9.59 Å². The molecule has 0 radical (unpaired) electrons. The Balaban J connectivity index is 2.29. The summed E-state index contributed by atoms with van der Waals surface area (Å²) >= 11 is 0. The molecule has 0 fully saturated rings. The minimum Gasteiger partial charge on any atom is -0.465 e. The molecule has 0 aromatic heterocycles. The summed E-state index contributed by atoms with van der Waals surface area (Å²) in [5, 5.41) is 0. The van der Waals surface area contributed by atoms with Crippen molar-refractivity contribution in [2.75, 3.05) is 13.2 Å². The molecule has 0 N–H and O–H groups in total. The van der Waals surface area contributed by atoms with Crippen LogP contribution >= 0.6 is 0 Å². The maximum atomic E-state index is 12.0. The summed E-state index contributed by atoms with van der Waals surface area (Å²) < 4.78 is 10.4. The summed E-state index contributed by atoms with van der Waals surface area (Å²) in [5.74, 6) is -0.673. The summed E-state index contributed by atoms with van der Waals surface area (Å²) in [7, 11) is 0. The van der Waals surface area contributed by atoms with Gasteiger partial charge in [0.15, 0.2) is 0 Å². The Kier molecular flexibility index (Phi) is 8.05. The molecule has 0 amide bonds. The largest absolute Gasteiger partial charge is 0.465 e. The normalized spacial score (nSPS) is 11.7. The number of hydrogen-bond acceptors (Lipinski definition) is 4. The number of Topliss-reactive ketones (excluding diaryl/α,β-unsaturated/α-hetero) is 1. The second kappa shape index (κ2) is 9.88. The first-order chi connectivity index (χ1) is 10.1. The van der Waals surface area contributed by atoms with Crippen LogP contribution in [0.2, 0.25) is 0 Å².